The molecular formula is C35H43ClN4O3S. The average molecular weight is 635 g/mol. The minimum atomic E-state index is -0.885. The number of hydrogen-bond donors (Lipinski definition) is 1. The zero-order chi connectivity index (χ0) is 30.9. The predicted octanol–water partition coefficient (Wildman–Crippen LogP) is 6.18. The molecule has 2 fully saturated rings. The van der Waals surface area contributed by atoms with E-state index in [1.165, 1.54) is 27.1 Å². The highest BCUT2D eigenvalue weighted by atomic mass is 35.5. The third-order valence-electron chi connectivity index (χ3n) is 8.75. The van der Waals surface area contributed by atoms with E-state index in [0.717, 1.165) is 69.3 Å². The maximum atomic E-state index is 13.7. The number of nitrogens with two attached hydrogens (primary N) is 1. The van der Waals surface area contributed by atoms with Gasteiger partial charge in [0.2, 0.25) is 0 Å². The van der Waals surface area contributed by atoms with Crippen LogP contribution in [0.15, 0.2) is 77.7 Å². The third-order valence-corrected chi connectivity index (χ3v) is 9.98. The maximum Gasteiger partial charge on any atom is 0.405 e. The van der Waals surface area contributed by atoms with Gasteiger partial charge in [-0.25, -0.2) is 4.79 Å². The summed E-state index contributed by atoms with van der Waals surface area (Å²) in [6, 6.07) is 25.0. The van der Waals surface area contributed by atoms with Crippen molar-refractivity contribution in [1.29, 1.82) is 0 Å². The molecule has 0 spiro atoms. The summed E-state index contributed by atoms with van der Waals surface area (Å²) in [5.41, 5.74) is 10.4. The molecule has 234 valence electrons. The second-order valence-electron chi connectivity index (χ2n) is 11.6. The van der Waals surface area contributed by atoms with Crippen molar-refractivity contribution in [3.8, 4) is 11.1 Å². The molecule has 0 saturated carbocycles. The molecule has 5 rings (SSSR count). The van der Waals surface area contributed by atoms with Crippen LogP contribution in [0.4, 0.5) is 4.79 Å². The summed E-state index contributed by atoms with van der Waals surface area (Å²) < 4.78 is 5.51. The van der Waals surface area contributed by atoms with Crippen molar-refractivity contribution in [2.24, 2.45) is 11.7 Å². The van der Waals surface area contributed by atoms with Crippen LogP contribution < -0.4 is 5.73 Å². The largest absolute Gasteiger partial charge is 0.436 e. The standard InChI is InChI=1S/C35H43ClN4O3S/c1-2-44-32-11-7-6-10-29(32)25-39-20-22-40(23-21-39)34(41)33(43-35(37)42)27-14-17-38(18-15-27)19-16-28-24-30(36)12-13-31(28)26-8-4-3-5-9-26/h3-13,24,27,33H,2,14-23,25H2,1H3,(H2,37,42)/t33-/m1/s1. The van der Waals surface area contributed by atoms with E-state index in [0.29, 0.717) is 13.1 Å². The van der Waals surface area contributed by atoms with Crippen LogP contribution in [0.25, 0.3) is 11.1 Å². The molecule has 0 bridgehead atoms. The van der Waals surface area contributed by atoms with Crippen LogP contribution in [0.5, 0.6) is 0 Å². The maximum absolute atomic E-state index is 13.7. The van der Waals surface area contributed by atoms with Gasteiger partial charge in [0.05, 0.1) is 0 Å². The van der Waals surface area contributed by atoms with Crippen molar-refractivity contribution in [2.45, 2.75) is 43.7 Å². The summed E-state index contributed by atoms with van der Waals surface area (Å²) in [5, 5.41) is 0.740. The monoisotopic (exact) mass is 634 g/mol. The lowest BCUT2D eigenvalue weighted by Gasteiger charge is -2.39. The molecule has 0 radical (unpaired) electrons. The van der Waals surface area contributed by atoms with Gasteiger partial charge in [-0.1, -0.05) is 73.1 Å². The van der Waals surface area contributed by atoms with E-state index < -0.39 is 12.2 Å². The Morgan fingerprint density at radius 3 is 2.32 bits per heavy atom. The van der Waals surface area contributed by atoms with Crippen molar-refractivity contribution < 1.29 is 14.3 Å². The summed E-state index contributed by atoms with van der Waals surface area (Å²) >= 11 is 8.24. The SMILES string of the molecule is CCSc1ccccc1CN1CCN(C(=O)[C@H](OC(N)=O)C2CCN(CCc3cc(Cl)ccc3-c3ccccc3)CC2)CC1. The van der Waals surface area contributed by atoms with Crippen molar-refractivity contribution in [1.82, 2.24) is 14.7 Å². The van der Waals surface area contributed by atoms with Gasteiger partial charge in [0.1, 0.15) is 0 Å². The van der Waals surface area contributed by atoms with Crippen LogP contribution >= 0.6 is 23.4 Å². The van der Waals surface area contributed by atoms with E-state index in [1.54, 1.807) is 0 Å². The molecule has 0 aliphatic carbocycles. The normalized spacial score (nSPS) is 17.4. The van der Waals surface area contributed by atoms with Gasteiger partial charge in [0, 0.05) is 55.1 Å². The molecule has 2 heterocycles. The summed E-state index contributed by atoms with van der Waals surface area (Å²) in [5.74, 6) is 0.875. The highest BCUT2D eigenvalue weighted by Crippen LogP contribution is 2.29. The number of halogens is 1. The molecule has 3 aromatic rings. The quantitative estimate of drug-likeness (QED) is 0.254. The third kappa shape index (κ3) is 8.57. The number of thioether (sulfide) groups is 1. The highest BCUT2D eigenvalue weighted by molar-refractivity contribution is 7.99. The zero-order valence-corrected chi connectivity index (χ0v) is 27.1. The first-order valence-corrected chi connectivity index (χ1v) is 17.0. The molecule has 3 aromatic carbocycles. The Labute approximate surface area is 270 Å². The Balaban J connectivity index is 1.14. The molecule has 0 aromatic heterocycles. The smallest absolute Gasteiger partial charge is 0.405 e. The van der Waals surface area contributed by atoms with Gasteiger partial charge in [0.15, 0.2) is 6.10 Å². The number of rotatable bonds is 11. The van der Waals surface area contributed by atoms with Gasteiger partial charge >= 0.3 is 6.09 Å². The number of benzene rings is 3. The molecule has 44 heavy (non-hydrogen) atoms. The fourth-order valence-corrected chi connectivity index (χ4v) is 7.38. The van der Waals surface area contributed by atoms with Crippen molar-refractivity contribution in [2.75, 3.05) is 51.6 Å². The lowest BCUT2D eigenvalue weighted by molar-refractivity contribution is -0.146. The van der Waals surface area contributed by atoms with Crippen molar-refractivity contribution >= 4 is 35.4 Å². The van der Waals surface area contributed by atoms with E-state index >= 15 is 0 Å². The molecule has 2 aliphatic rings. The van der Waals surface area contributed by atoms with Crippen LogP contribution in [0, 0.1) is 5.92 Å². The number of hydrogen-bond acceptors (Lipinski definition) is 6. The number of piperazine rings is 1. The Morgan fingerprint density at radius 2 is 1.61 bits per heavy atom. The first-order chi connectivity index (χ1) is 21.4. The van der Waals surface area contributed by atoms with E-state index in [9.17, 15) is 9.59 Å². The number of carbonyl (C=O) groups excluding carboxylic acids is 2. The fourth-order valence-electron chi connectivity index (χ4n) is 6.38. The minimum Gasteiger partial charge on any atom is -0.436 e. The van der Waals surface area contributed by atoms with Crippen LogP contribution in [-0.2, 0) is 22.5 Å². The molecular weight excluding hydrogens is 592 g/mol. The first kappa shape index (κ1) is 32.4. The number of piperidine rings is 1. The number of likely N-dealkylation sites (tertiary alicyclic amines) is 1. The van der Waals surface area contributed by atoms with Crippen molar-refractivity contribution in [3.63, 3.8) is 0 Å². The van der Waals surface area contributed by atoms with Gasteiger partial charge in [-0.3, -0.25) is 9.69 Å². The average Bonchev–Trinajstić information content (AvgIpc) is 3.04. The summed E-state index contributed by atoms with van der Waals surface area (Å²) in [6.07, 6.45) is 0.707. The van der Waals surface area contributed by atoms with Crippen LogP contribution in [0.3, 0.4) is 0 Å². The Morgan fingerprint density at radius 1 is 0.909 bits per heavy atom. The first-order valence-electron chi connectivity index (χ1n) is 15.7. The van der Waals surface area contributed by atoms with Crippen molar-refractivity contribution in [3.05, 3.63) is 88.9 Å². The Hall–Kier alpha value is -3.04. The lowest BCUT2D eigenvalue weighted by atomic mass is 9.89. The van der Waals surface area contributed by atoms with Gasteiger partial charge in [0.25, 0.3) is 5.91 Å². The highest BCUT2D eigenvalue weighted by Gasteiger charge is 2.37. The topological polar surface area (TPSA) is 79.1 Å². The summed E-state index contributed by atoms with van der Waals surface area (Å²) in [7, 11) is 0. The molecule has 7 nitrogen and oxygen atoms in total. The molecule has 9 heteroatoms. The van der Waals surface area contributed by atoms with E-state index in [-0.39, 0.29) is 11.8 Å². The van der Waals surface area contributed by atoms with Gasteiger partial charge < -0.3 is 20.3 Å². The van der Waals surface area contributed by atoms with E-state index in [2.05, 4.69) is 77.4 Å². The number of ether oxygens (including phenoxy) is 1. The molecule has 0 unspecified atom stereocenters. The number of nitrogens with zero attached hydrogens (tertiary/aromatic N) is 3. The van der Waals surface area contributed by atoms with E-state index in [4.69, 9.17) is 22.1 Å². The molecule has 2 N–H and O–H groups in total. The molecule has 1 atom stereocenters. The second-order valence-corrected chi connectivity index (χ2v) is 13.3. The molecule has 2 amide bonds. The molecule has 2 saturated heterocycles. The predicted molar refractivity (Wildman–Crippen MR) is 179 cm³/mol. The van der Waals surface area contributed by atoms with Gasteiger partial charge in [-0.2, -0.15) is 0 Å². The number of amides is 2. The van der Waals surface area contributed by atoms with Gasteiger partial charge in [-0.15, -0.1) is 11.8 Å². The van der Waals surface area contributed by atoms with Gasteiger partial charge in [-0.05, 0) is 78.6 Å². The minimum absolute atomic E-state index is 0.0479. The fraction of sp³-hybridized carbons (Fsp3) is 0.429. The number of carbonyl (C=O) groups is 2. The summed E-state index contributed by atoms with van der Waals surface area (Å²) in [4.78, 5) is 33.5. The Kier molecular flexibility index (Phi) is 11.6. The van der Waals surface area contributed by atoms with E-state index in [1.807, 2.05) is 28.8 Å². The number of primary amides is 1. The summed E-state index contributed by atoms with van der Waals surface area (Å²) in [6.45, 7) is 8.40. The van der Waals surface area contributed by atoms with Crippen LogP contribution in [-0.4, -0.2) is 84.4 Å². The molecule has 2 aliphatic heterocycles. The van der Waals surface area contributed by atoms with Crippen LogP contribution in [0.1, 0.15) is 30.9 Å². The van der Waals surface area contributed by atoms with Crippen LogP contribution in [0.2, 0.25) is 5.02 Å². The second kappa shape index (κ2) is 15.8. The Bertz CT molecular complexity index is 1390. The lowest BCUT2D eigenvalue weighted by Crippen LogP contribution is -2.54. The zero-order valence-electron chi connectivity index (χ0n) is 25.5.